The summed E-state index contributed by atoms with van der Waals surface area (Å²) in [5.41, 5.74) is 4.59. The quantitative estimate of drug-likeness (QED) is 0.802. The highest BCUT2D eigenvalue weighted by molar-refractivity contribution is 6.29. The molecule has 1 aromatic rings. The number of halogens is 3. The van der Waals surface area contributed by atoms with E-state index in [0.29, 0.717) is 6.07 Å². The van der Waals surface area contributed by atoms with Gasteiger partial charge in [-0.25, -0.2) is 8.78 Å². The second-order valence-electron chi connectivity index (χ2n) is 3.05. The summed E-state index contributed by atoms with van der Waals surface area (Å²) in [6.07, 6.45) is 0. The molecule has 0 bridgehead atoms. The molecule has 0 aliphatic heterocycles. The number of amides is 1. The Hall–Kier alpha value is -1.62. The van der Waals surface area contributed by atoms with Crippen molar-refractivity contribution in [2.24, 2.45) is 0 Å². The molecule has 0 saturated carbocycles. The minimum atomic E-state index is -0.982. The molecule has 86 valence electrons. The SMILES string of the molecule is C=C(Cl)CNC(=O)c1cc(N)c(F)cc1F. The van der Waals surface area contributed by atoms with Crippen LogP contribution in [0.2, 0.25) is 0 Å². The number of carbonyl (C=O) groups excluding carboxylic acids is 1. The molecule has 0 spiro atoms. The van der Waals surface area contributed by atoms with Gasteiger partial charge in [0.2, 0.25) is 0 Å². The number of carbonyl (C=O) groups is 1. The van der Waals surface area contributed by atoms with E-state index in [-0.39, 0.29) is 22.8 Å². The fraction of sp³-hybridized carbons (Fsp3) is 0.100. The molecule has 0 atom stereocenters. The first-order chi connectivity index (χ1) is 7.41. The van der Waals surface area contributed by atoms with Crippen molar-refractivity contribution in [1.29, 1.82) is 0 Å². The number of nitrogen functional groups attached to an aromatic ring is 1. The van der Waals surface area contributed by atoms with E-state index in [4.69, 9.17) is 17.3 Å². The number of rotatable bonds is 3. The molecule has 0 radical (unpaired) electrons. The molecule has 3 nitrogen and oxygen atoms in total. The molecule has 0 aliphatic carbocycles. The molecule has 16 heavy (non-hydrogen) atoms. The first kappa shape index (κ1) is 12.4. The number of hydrogen-bond acceptors (Lipinski definition) is 2. The zero-order chi connectivity index (χ0) is 12.3. The van der Waals surface area contributed by atoms with Crippen molar-refractivity contribution in [3.05, 3.63) is 40.9 Å². The van der Waals surface area contributed by atoms with Gasteiger partial charge in [0.15, 0.2) is 0 Å². The van der Waals surface area contributed by atoms with Gasteiger partial charge in [0.05, 0.1) is 17.8 Å². The van der Waals surface area contributed by atoms with Gasteiger partial charge >= 0.3 is 0 Å². The third-order valence-electron chi connectivity index (χ3n) is 1.77. The summed E-state index contributed by atoms with van der Waals surface area (Å²) in [5.74, 6) is -2.62. The van der Waals surface area contributed by atoms with Crippen LogP contribution in [0.25, 0.3) is 0 Å². The molecule has 0 heterocycles. The van der Waals surface area contributed by atoms with Crippen LogP contribution in [-0.4, -0.2) is 12.5 Å². The zero-order valence-electron chi connectivity index (χ0n) is 8.19. The summed E-state index contributed by atoms with van der Waals surface area (Å²) in [6.45, 7) is 3.34. The van der Waals surface area contributed by atoms with E-state index < -0.39 is 17.5 Å². The van der Waals surface area contributed by atoms with Crippen LogP contribution >= 0.6 is 11.6 Å². The van der Waals surface area contributed by atoms with Crippen molar-refractivity contribution in [2.75, 3.05) is 12.3 Å². The first-order valence-corrected chi connectivity index (χ1v) is 4.65. The molecule has 1 aromatic carbocycles. The topological polar surface area (TPSA) is 55.1 Å². The molecular weight excluding hydrogens is 238 g/mol. The summed E-state index contributed by atoms with van der Waals surface area (Å²) in [6, 6.07) is 1.48. The van der Waals surface area contributed by atoms with E-state index in [1.807, 2.05) is 0 Å². The average molecular weight is 247 g/mol. The summed E-state index contributed by atoms with van der Waals surface area (Å²) in [4.78, 5) is 11.4. The van der Waals surface area contributed by atoms with Crippen LogP contribution in [0.1, 0.15) is 10.4 Å². The lowest BCUT2D eigenvalue weighted by molar-refractivity contribution is 0.0953. The predicted molar refractivity (Wildman–Crippen MR) is 58.1 cm³/mol. The highest BCUT2D eigenvalue weighted by Crippen LogP contribution is 2.16. The molecule has 0 aliphatic rings. The molecule has 0 fully saturated rings. The van der Waals surface area contributed by atoms with Gasteiger partial charge < -0.3 is 11.1 Å². The highest BCUT2D eigenvalue weighted by atomic mass is 35.5. The molecule has 1 rings (SSSR count). The van der Waals surface area contributed by atoms with Gasteiger partial charge in [-0.1, -0.05) is 18.2 Å². The van der Waals surface area contributed by atoms with E-state index in [0.717, 1.165) is 6.07 Å². The average Bonchev–Trinajstić information content (AvgIpc) is 2.20. The van der Waals surface area contributed by atoms with Gasteiger partial charge in [0, 0.05) is 11.1 Å². The monoisotopic (exact) mass is 246 g/mol. The normalized spacial score (nSPS) is 9.94. The van der Waals surface area contributed by atoms with Crippen molar-refractivity contribution >= 4 is 23.2 Å². The van der Waals surface area contributed by atoms with Crippen LogP contribution in [0, 0.1) is 11.6 Å². The van der Waals surface area contributed by atoms with E-state index in [2.05, 4.69) is 11.9 Å². The number of anilines is 1. The van der Waals surface area contributed by atoms with Gasteiger partial charge in [0.25, 0.3) is 5.91 Å². The summed E-state index contributed by atoms with van der Waals surface area (Å²) in [7, 11) is 0. The molecule has 1 amide bonds. The van der Waals surface area contributed by atoms with Crippen molar-refractivity contribution < 1.29 is 13.6 Å². The van der Waals surface area contributed by atoms with Crippen LogP contribution in [0.3, 0.4) is 0 Å². The third kappa shape index (κ3) is 2.93. The predicted octanol–water partition coefficient (Wildman–Crippen LogP) is 2.03. The van der Waals surface area contributed by atoms with Crippen molar-refractivity contribution in [1.82, 2.24) is 5.32 Å². The maximum atomic E-state index is 13.2. The molecule has 0 aromatic heterocycles. The van der Waals surface area contributed by atoms with Crippen molar-refractivity contribution in [2.45, 2.75) is 0 Å². The summed E-state index contributed by atoms with van der Waals surface area (Å²) >= 11 is 5.42. The van der Waals surface area contributed by atoms with E-state index in [1.54, 1.807) is 0 Å². The lowest BCUT2D eigenvalue weighted by atomic mass is 10.1. The third-order valence-corrected chi connectivity index (χ3v) is 1.91. The molecular formula is C10H9ClF2N2O. The number of benzene rings is 1. The Balaban J connectivity index is 2.91. The van der Waals surface area contributed by atoms with Crippen LogP contribution < -0.4 is 11.1 Å². The summed E-state index contributed by atoms with van der Waals surface area (Å²) < 4.78 is 26.0. The number of nitrogens with two attached hydrogens (primary N) is 1. The fourth-order valence-electron chi connectivity index (χ4n) is 1.01. The molecule has 6 heteroatoms. The van der Waals surface area contributed by atoms with Gasteiger partial charge in [-0.05, 0) is 6.07 Å². The number of nitrogens with one attached hydrogen (secondary N) is 1. The fourth-order valence-corrected chi connectivity index (χ4v) is 1.08. The lowest BCUT2D eigenvalue weighted by Gasteiger charge is -2.06. The highest BCUT2D eigenvalue weighted by Gasteiger charge is 2.14. The van der Waals surface area contributed by atoms with Gasteiger partial charge in [-0.2, -0.15) is 0 Å². The molecule has 0 saturated heterocycles. The Bertz CT molecular complexity index is 449. The van der Waals surface area contributed by atoms with Gasteiger partial charge in [0.1, 0.15) is 11.6 Å². The van der Waals surface area contributed by atoms with Gasteiger partial charge in [-0.3, -0.25) is 4.79 Å². The van der Waals surface area contributed by atoms with Crippen LogP contribution in [0.4, 0.5) is 14.5 Å². The summed E-state index contributed by atoms with van der Waals surface area (Å²) in [5, 5.41) is 2.50. The Morgan fingerprint density at radius 1 is 1.44 bits per heavy atom. The Morgan fingerprint density at radius 2 is 2.06 bits per heavy atom. The largest absolute Gasteiger partial charge is 0.396 e. The van der Waals surface area contributed by atoms with E-state index >= 15 is 0 Å². The van der Waals surface area contributed by atoms with Crippen molar-refractivity contribution in [3.8, 4) is 0 Å². The zero-order valence-corrected chi connectivity index (χ0v) is 8.94. The smallest absolute Gasteiger partial charge is 0.254 e. The maximum Gasteiger partial charge on any atom is 0.254 e. The van der Waals surface area contributed by atoms with E-state index in [9.17, 15) is 13.6 Å². The molecule has 0 unspecified atom stereocenters. The minimum Gasteiger partial charge on any atom is -0.396 e. The maximum absolute atomic E-state index is 13.2. The molecule has 3 N–H and O–H groups in total. The first-order valence-electron chi connectivity index (χ1n) is 4.28. The van der Waals surface area contributed by atoms with E-state index in [1.165, 1.54) is 0 Å². The Kier molecular flexibility index (Phi) is 3.84. The van der Waals surface area contributed by atoms with Crippen LogP contribution in [0.15, 0.2) is 23.7 Å². The number of hydrogen-bond donors (Lipinski definition) is 2. The Labute approximate surface area is 95.9 Å². The second-order valence-corrected chi connectivity index (χ2v) is 3.59. The lowest BCUT2D eigenvalue weighted by Crippen LogP contribution is -2.25. The van der Waals surface area contributed by atoms with Crippen LogP contribution in [0.5, 0.6) is 0 Å². The standard InChI is InChI=1S/C10H9ClF2N2O/c1-5(11)4-15-10(16)6-2-9(14)8(13)3-7(6)12/h2-3H,1,4,14H2,(H,15,16). The minimum absolute atomic E-state index is 0.00287. The second kappa shape index (κ2) is 4.94. The van der Waals surface area contributed by atoms with Gasteiger partial charge in [-0.15, -0.1) is 0 Å². The van der Waals surface area contributed by atoms with Crippen LogP contribution in [-0.2, 0) is 0 Å². The van der Waals surface area contributed by atoms with Crippen molar-refractivity contribution in [3.63, 3.8) is 0 Å². The Morgan fingerprint density at radius 3 is 2.62 bits per heavy atom.